The highest BCUT2D eigenvalue weighted by Gasteiger charge is 2.79. The van der Waals surface area contributed by atoms with Crippen LogP contribution in [0.5, 0.6) is 0 Å². The van der Waals surface area contributed by atoms with Crippen LogP contribution >= 0.6 is 0 Å². The molecule has 3 aliphatic carbocycles. The number of carbonyl (C=O) groups is 7. The summed E-state index contributed by atoms with van der Waals surface area (Å²) in [5.74, 6) is -8.67. The third-order valence-corrected chi connectivity index (χ3v) is 9.44. The first kappa shape index (κ1) is 32.1. The maximum atomic E-state index is 14.7. The quantitative estimate of drug-likeness (QED) is 0.248. The SMILES string of the molecule is CC(=O)OCC12C3CC(=O)OC1C(OC(=O)C=C(C)C)C1C(C)=CC(=O)C(OC(C)=O)C1(C)C2C(=O)C(OC(C)=O)C3C. The van der Waals surface area contributed by atoms with Crippen molar-refractivity contribution in [2.24, 2.45) is 34.5 Å². The Bertz CT molecular complexity index is 1340. The normalized spacial score (nSPS) is 37.9. The molecule has 4 rings (SSSR count). The zero-order valence-corrected chi connectivity index (χ0v) is 25.6. The molecule has 4 aliphatic rings. The van der Waals surface area contributed by atoms with Gasteiger partial charge in [-0.15, -0.1) is 0 Å². The fourth-order valence-electron chi connectivity index (χ4n) is 8.29. The largest absolute Gasteiger partial charge is 0.465 e. The van der Waals surface area contributed by atoms with Crippen LogP contribution in [0.4, 0.5) is 0 Å². The summed E-state index contributed by atoms with van der Waals surface area (Å²) in [6, 6.07) is 0. The van der Waals surface area contributed by atoms with Crippen LogP contribution in [-0.4, -0.2) is 72.4 Å². The van der Waals surface area contributed by atoms with Gasteiger partial charge in [0.25, 0.3) is 0 Å². The topological polar surface area (TPSA) is 166 Å². The molecule has 12 nitrogen and oxygen atoms in total. The number of Topliss-reactive ketones (excluding diaryl/α,β-unsaturated/α-hetero) is 1. The fraction of sp³-hybridized carbons (Fsp3) is 0.645. The highest BCUT2D eigenvalue weighted by atomic mass is 16.6. The van der Waals surface area contributed by atoms with Crippen molar-refractivity contribution in [3.63, 3.8) is 0 Å². The number of carbonyl (C=O) groups excluding carboxylic acids is 7. The Morgan fingerprint density at radius 1 is 0.977 bits per heavy atom. The molecule has 0 N–H and O–H groups in total. The predicted molar refractivity (Wildman–Crippen MR) is 145 cm³/mol. The van der Waals surface area contributed by atoms with Gasteiger partial charge in [-0.1, -0.05) is 25.0 Å². The van der Waals surface area contributed by atoms with E-state index in [1.165, 1.54) is 19.1 Å². The number of esters is 5. The number of allylic oxidation sites excluding steroid dienone is 1. The Kier molecular flexibility index (Phi) is 8.47. The fourth-order valence-corrected chi connectivity index (χ4v) is 8.29. The van der Waals surface area contributed by atoms with Gasteiger partial charge < -0.3 is 23.7 Å². The number of hydrogen-bond donors (Lipinski definition) is 0. The number of rotatable bonds is 6. The molecule has 10 atom stereocenters. The molecular weight excluding hydrogens is 564 g/mol. The van der Waals surface area contributed by atoms with Crippen LogP contribution in [0.3, 0.4) is 0 Å². The Morgan fingerprint density at radius 2 is 1.60 bits per heavy atom. The van der Waals surface area contributed by atoms with Gasteiger partial charge in [0.05, 0.1) is 5.41 Å². The second kappa shape index (κ2) is 11.3. The molecule has 0 spiro atoms. The molecule has 12 heteroatoms. The Labute approximate surface area is 249 Å². The Morgan fingerprint density at radius 3 is 2.16 bits per heavy atom. The maximum Gasteiger partial charge on any atom is 0.331 e. The van der Waals surface area contributed by atoms with E-state index >= 15 is 0 Å². The molecule has 2 saturated carbocycles. The first-order valence-electron chi connectivity index (χ1n) is 14.2. The number of fused-ring (bicyclic) bond motifs is 2. The first-order valence-corrected chi connectivity index (χ1v) is 14.2. The third-order valence-electron chi connectivity index (χ3n) is 9.44. The predicted octanol–water partition coefficient (Wildman–Crippen LogP) is 2.21. The molecule has 10 unspecified atom stereocenters. The molecule has 3 fully saturated rings. The van der Waals surface area contributed by atoms with E-state index in [2.05, 4.69) is 0 Å². The van der Waals surface area contributed by atoms with Crippen LogP contribution in [0.1, 0.15) is 61.8 Å². The molecular formula is C31H38O12. The molecule has 0 aromatic heterocycles. The van der Waals surface area contributed by atoms with Gasteiger partial charge in [0.1, 0.15) is 18.8 Å². The van der Waals surface area contributed by atoms with Crippen LogP contribution in [0.2, 0.25) is 0 Å². The van der Waals surface area contributed by atoms with Gasteiger partial charge in [-0.25, -0.2) is 4.79 Å². The second-order valence-electron chi connectivity index (χ2n) is 12.6. The van der Waals surface area contributed by atoms with Crippen LogP contribution in [0.25, 0.3) is 0 Å². The highest BCUT2D eigenvalue weighted by Crippen LogP contribution is 2.68. The van der Waals surface area contributed by atoms with E-state index in [-0.39, 0.29) is 6.42 Å². The van der Waals surface area contributed by atoms with Crippen molar-refractivity contribution in [2.45, 2.75) is 86.2 Å². The monoisotopic (exact) mass is 602 g/mol. The van der Waals surface area contributed by atoms with Crippen molar-refractivity contribution in [3.8, 4) is 0 Å². The van der Waals surface area contributed by atoms with Crippen LogP contribution < -0.4 is 0 Å². The molecule has 0 aromatic rings. The third kappa shape index (κ3) is 5.18. The smallest absolute Gasteiger partial charge is 0.331 e. The molecule has 0 radical (unpaired) electrons. The van der Waals surface area contributed by atoms with E-state index in [1.807, 2.05) is 0 Å². The van der Waals surface area contributed by atoms with Gasteiger partial charge in [0.15, 0.2) is 23.8 Å². The van der Waals surface area contributed by atoms with Crippen molar-refractivity contribution in [1.29, 1.82) is 0 Å². The molecule has 234 valence electrons. The standard InChI is InChI=1S/C31H38O12/c1-13(2)9-21(36)42-26-23-14(3)10-20(35)28(41-18(7)34)30(23,8)27-24(38)25(40-17(6)33)15(4)19-11-22(37)43-29(26)31(19,27)12-39-16(5)32/h9-10,15,19,23,25-29H,11-12H2,1-8H3. The summed E-state index contributed by atoms with van der Waals surface area (Å²) in [5.41, 5.74) is -2.14. The molecule has 1 heterocycles. The number of ether oxygens (including phenoxy) is 5. The average Bonchev–Trinajstić information content (AvgIpc) is 2.86. The maximum absolute atomic E-state index is 14.7. The summed E-state index contributed by atoms with van der Waals surface area (Å²) in [7, 11) is 0. The summed E-state index contributed by atoms with van der Waals surface area (Å²) in [4.78, 5) is 91.6. The van der Waals surface area contributed by atoms with Gasteiger partial charge in [-0.3, -0.25) is 28.8 Å². The molecule has 1 aliphatic heterocycles. The highest BCUT2D eigenvalue weighted by molar-refractivity contribution is 6.00. The Balaban J connectivity index is 2.10. The van der Waals surface area contributed by atoms with Crippen molar-refractivity contribution < 1.29 is 57.2 Å². The lowest BCUT2D eigenvalue weighted by atomic mass is 9.37. The van der Waals surface area contributed by atoms with Gasteiger partial charge >= 0.3 is 29.8 Å². The van der Waals surface area contributed by atoms with Crippen molar-refractivity contribution >= 4 is 41.4 Å². The molecule has 43 heavy (non-hydrogen) atoms. The lowest BCUT2D eigenvalue weighted by molar-refractivity contribution is -0.291. The van der Waals surface area contributed by atoms with Crippen molar-refractivity contribution in [2.75, 3.05) is 6.61 Å². The number of hydrogen-bond acceptors (Lipinski definition) is 12. The van der Waals surface area contributed by atoms with Gasteiger partial charge in [-0.2, -0.15) is 0 Å². The van der Waals surface area contributed by atoms with E-state index < -0.39 is 107 Å². The minimum atomic E-state index is -1.62. The zero-order chi connectivity index (χ0) is 32.2. The lowest BCUT2D eigenvalue weighted by Crippen LogP contribution is -2.79. The molecule has 1 saturated heterocycles. The number of ketones is 2. The molecule has 0 amide bonds. The first-order chi connectivity index (χ1) is 20.0. The van der Waals surface area contributed by atoms with Gasteiger partial charge in [0, 0.05) is 56.4 Å². The lowest BCUT2D eigenvalue weighted by Gasteiger charge is -2.68. The summed E-state index contributed by atoms with van der Waals surface area (Å²) in [6.07, 6.45) is -3.16. The van der Waals surface area contributed by atoms with Crippen molar-refractivity contribution in [3.05, 3.63) is 23.3 Å². The van der Waals surface area contributed by atoms with E-state index in [4.69, 9.17) is 23.7 Å². The van der Waals surface area contributed by atoms with Crippen LogP contribution in [0, 0.1) is 34.5 Å². The minimum Gasteiger partial charge on any atom is -0.465 e. The van der Waals surface area contributed by atoms with Gasteiger partial charge in [0.2, 0.25) is 0 Å². The van der Waals surface area contributed by atoms with E-state index in [0.717, 1.165) is 13.8 Å². The average molecular weight is 603 g/mol. The van der Waals surface area contributed by atoms with E-state index in [0.29, 0.717) is 11.1 Å². The van der Waals surface area contributed by atoms with E-state index in [1.54, 1.807) is 34.6 Å². The summed E-state index contributed by atoms with van der Waals surface area (Å²) in [5, 5.41) is 0. The summed E-state index contributed by atoms with van der Waals surface area (Å²) >= 11 is 0. The second-order valence-corrected chi connectivity index (χ2v) is 12.6. The summed E-state index contributed by atoms with van der Waals surface area (Å²) < 4.78 is 28.8. The van der Waals surface area contributed by atoms with Crippen LogP contribution in [0.15, 0.2) is 23.3 Å². The zero-order valence-electron chi connectivity index (χ0n) is 25.6. The van der Waals surface area contributed by atoms with Crippen LogP contribution in [-0.2, 0) is 57.2 Å². The Hall–Kier alpha value is -3.83. The molecule has 0 aromatic carbocycles. The molecule has 0 bridgehead atoms. The van der Waals surface area contributed by atoms with Gasteiger partial charge in [-0.05, 0) is 32.8 Å². The minimum absolute atomic E-state index is 0.239. The van der Waals surface area contributed by atoms with Crippen molar-refractivity contribution in [1.82, 2.24) is 0 Å². The van der Waals surface area contributed by atoms with E-state index in [9.17, 15) is 33.6 Å². The summed E-state index contributed by atoms with van der Waals surface area (Å²) in [6.45, 7) is 11.3.